The maximum Gasteiger partial charge on any atom is 0.0693 e. The molecule has 1 aromatic carbocycles. The highest BCUT2D eigenvalue weighted by Crippen LogP contribution is 2.33. The van der Waals surface area contributed by atoms with Gasteiger partial charge in [0, 0.05) is 0 Å². The van der Waals surface area contributed by atoms with Gasteiger partial charge >= 0.3 is 0 Å². The van der Waals surface area contributed by atoms with Crippen molar-refractivity contribution in [3.63, 3.8) is 0 Å². The molecule has 0 atom stereocenters. The van der Waals surface area contributed by atoms with E-state index in [0.717, 1.165) is 12.8 Å². The topological polar surface area (TPSA) is 26.0 Å². The summed E-state index contributed by atoms with van der Waals surface area (Å²) in [6.45, 7) is 4.32. The van der Waals surface area contributed by atoms with Crippen molar-refractivity contribution in [1.29, 1.82) is 0 Å². The van der Waals surface area contributed by atoms with E-state index >= 15 is 0 Å². The second-order valence-electron chi connectivity index (χ2n) is 3.41. The Morgan fingerprint density at radius 2 is 1.57 bits per heavy atom. The molecule has 0 aliphatic heterocycles. The first-order valence-electron chi connectivity index (χ1n) is 4.84. The first kappa shape index (κ1) is 11.7. The number of benzene rings is 1. The molecular formula is C11H15Cl2N. The Labute approximate surface area is 95.2 Å². The van der Waals surface area contributed by atoms with E-state index in [1.807, 2.05) is 12.1 Å². The maximum atomic E-state index is 5.97. The summed E-state index contributed by atoms with van der Waals surface area (Å²) < 4.78 is 0. The SMILES string of the molecule is CCC(CC)c1cc(Cl)c(N)c(Cl)c1. The summed E-state index contributed by atoms with van der Waals surface area (Å²) in [4.78, 5) is 0. The molecule has 1 rings (SSSR count). The number of rotatable bonds is 3. The fraction of sp³-hybridized carbons (Fsp3) is 0.455. The Morgan fingerprint density at radius 3 is 1.93 bits per heavy atom. The van der Waals surface area contributed by atoms with E-state index in [4.69, 9.17) is 28.9 Å². The first-order chi connectivity index (χ1) is 6.60. The summed E-state index contributed by atoms with van der Waals surface area (Å²) in [5.41, 5.74) is 7.32. The molecule has 0 aliphatic carbocycles. The lowest BCUT2D eigenvalue weighted by Crippen LogP contribution is -1.97. The van der Waals surface area contributed by atoms with Crippen LogP contribution in [0.25, 0.3) is 0 Å². The van der Waals surface area contributed by atoms with E-state index in [9.17, 15) is 0 Å². The number of anilines is 1. The van der Waals surface area contributed by atoms with Gasteiger partial charge in [0.2, 0.25) is 0 Å². The van der Waals surface area contributed by atoms with Gasteiger partial charge in [-0.1, -0.05) is 37.0 Å². The third-order valence-electron chi connectivity index (χ3n) is 2.56. The Morgan fingerprint density at radius 1 is 1.14 bits per heavy atom. The van der Waals surface area contributed by atoms with Crippen LogP contribution in [0.15, 0.2) is 12.1 Å². The zero-order valence-corrected chi connectivity index (χ0v) is 9.99. The van der Waals surface area contributed by atoms with Crippen molar-refractivity contribution in [2.24, 2.45) is 0 Å². The van der Waals surface area contributed by atoms with Gasteiger partial charge in [0.05, 0.1) is 15.7 Å². The van der Waals surface area contributed by atoms with Gasteiger partial charge in [0.15, 0.2) is 0 Å². The summed E-state index contributed by atoms with van der Waals surface area (Å²) in [5.74, 6) is 0.519. The average Bonchev–Trinajstić information content (AvgIpc) is 2.16. The predicted octanol–water partition coefficient (Wildman–Crippen LogP) is 4.48. The fourth-order valence-electron chi connectivity index (χ4n) is 1.60. The molecule has 0 unspecified atom stereocenters. The van der Waals surface area contributed by atoms with Crippen LogP contribution in [0.4, 0.5) is 5.69 Å². The lowest BCUT2D eigenvalue weighted by Gasteiger charge is -2.14. The van der Waals surface area contributed by atoms with Crippen LogP contribution in [0.1, 0.15) is 38.2 Å². The molecule has 0 aliphatic rings. The summed E-state index contributed by atoms with van der Waals surface area (Å²) in [7, 11) is 0. The van der Waals surface area contributed by atoms with Gasteiger partial charge in [0.25, 0.3) is 0 Å². The van der Waals surface area contributed by atoms with Gasteiger partial charge in [-0.05, 0) is 36.5 Å². The van der Waals surface area contributed by atoms with E-state index in [0.29, 0.717) is 21.7 Å². The van der Waals surface area contributed by atoms with E-state index in [1.54, 1.807) is 0 Å². The molecule has 0 aromatic heterocycles. The number of hydrogen-bond donors (Lipinski definition) is 1. The molecule has 0 saturated heterocycles. The molecule has 0 spiro atoms. The lowest BCUT2D eigenvalue weighted by atomic mass is 9.94. The fourth-order valence-corrected chi connectivity index (χ4v) is 2.10. The third kappa shape index (κ3) is 2.34. The van der Waals surface area contributed by atoms with E-state index in [1.165, 1.54) is 5.56 Å². The average molecular weight is 232 g/mol. The summed E-state index contributed by atoms with van der Waals surface area (Å²) >= 11 is 11.9. The lowest BCUT2D eigenvalue weighted by molar-refractivity contribution is 0.642. The molecule has 14 heavy (non-hydrogen) atoms. The Hall–Kier alpha value is -0.400. The van der Waals surface area contributed by atoms with Gasteiger partial charge in [-0.15, -0.1) is 0 Å². The second kappa shape index (κ2) is 4.90. The largest absolute Gasteiger partial charge is 0.396 e. The van der Waals surface area contributed by atoms with Gasteiger partial charge in [-0.25, -0.2) is 0 Å². The van der Waals surface area contributed by atoms with Crippen molar-refractivity contribution >= 4 is 28.9 Å². The summed E-state index contributed by atoms with van der Waals surface area (Å²) in [6, 6.07) is 3.83. The molecule has 0 bridgehead atoms. The van der Waals surface area contributed by atoms with Crippen molar-refractivity contribution in [3.8, 4) is 0 Å². The van der Waals surface area contributed by atoms with Crippen molar-refractivity contribution in [2.45, 2.75) is 32.6 Å². The van der Waals surface area contributed by atoms with E-state index in [-0.39, 0.29) is 0 Å². The highest BCUT2D eigenvalue weighted by molar-refractivity contribution is 6.38. The van der Waals surface area contributed by atoms with Crippen LogP contribution in [0.5, 0.6) is 0 Å². The normalized spacial score (nSPS) is 10.9. The number of halogens is 2. The van der Waals surface area contributed by atoms with Crippen LogP contribution >= 0.6 is 23.2 Å². The number of nitrogen functional groups attached to an aromatic ring is 1. The van der Waals surface area contributed by atoms with Gasteiger partial charge in [-0.2, -0.15) is 0 Å². The van der Waals surface area contributed by atoms with Crippen molar-refractivity contribution in [2.75, 3.05) is 5.73 Å². The molecule has 2 N–H and O–H groups in total. The Bertz CT molecular complexity index is 296. The molecule has 0 heterocycles. The maximum absolute atomic E-state index is 5.97. The van der Waals surface area contributed by atoms with Crippen LogP contribution in [0.2, 0.25) is 10.0 Å². The molecule has 1 nitrogen and oxygen atoms in total. The van der Waals surface area contributed by atoms with Crippen LogP contribution < -0.4 is 5.73 Å². The third-order valence-corrected chi connectivity index (χ3v) is 3.18. The zero-order chi connectivity index (χ0) is 10.7. The minimum atomic E-state index is 0.475. The quantitative estimate of drug-likeness (QED) is 0.764. The number of nitrogens with two attached hydrogens (primary N) is 1. The van der Waals surface area contributed by atoms with E-state index < -0.39 is 0 Å². The Kier molecular flexibility index (Phi) is 4.09. The molecule has 3 heteroatoms. The highest BCUT2D eigenvalue weighted by atomic mass is 35.5. The molecule has 0 fully saturated rings. The van der Waals surface area contributed by atoms with Crippen molar-refractivity contribution < 1.29 is 0 Å². The minimum Gasteiger partial charge on any atom is -0.396 e. The Balaban J connectivity index is 3.11. The molecule has 0 amide bonds. The van der Waals surface area contributed by atoms with Crippen LogP contribution in [0.3, 0.4) is 0 Å². The standard InChI is InChI=1S/C11H15Cl2N/c1-3-7(4-2)8-5-9(12)11(14)10(13)6-8/h5-7H,3-4,14H2,1-2H3. The monoisotopic (exact) mass is 231 g/mol. The van der Waals surface area contributed by atoms with Crippen LogP contribution in [-0.4, -0.2) is 0 Å². The minimum absolute atomic E-state index is 0.475. The first-order valence-corrected chi connectivity index (χ1v) is 5.60. The second-order valence-corrected chi connectivity index (χ2v) is 4.23. The molecule has 1 aromatic rings. The highest BCUT2D eigenvalue weighted by Gasteiger charge is 2.11. The van der Waals surface area contributed by atoms with Crippen molar-refractivity contribution in [1.82, 2.24) is 0 Å². The van der Waals surface area contributed by atoms with E-state index in [2.05, 4.69) is 13.8 Å². The predicted molar refractivity (Wildman–Crippen MR) is 64.2 cm³/mol. The summed E-state index contributed by atoms with van der Waals surface area (Å²) in [5, 5.41) is 1.11. The molecule has 0 radical (unpaired) electrons. The van der Waals surface area contributed by atoms with Gasteiger partial charge in [-0.3, -0.25) is 0 Å². The zero-order valence-electron chi connectivity index (χ0n) is 8.48. The molecule has 0 saturated carbocycles. The van der Waals surface area contributed by atoms with Gasteiger partial charge < -0.3 is 5.73 Å². The van der Waals surface area contributed by atoms with Crippen LogP contribution in [0, 0.1) is 0 Å². The smallest absolute Gasteiger partial charge is 0.0693 e. The summed E-state index contributed by atoms with van der Waals surface area (Å²) in [6.07, 6.45) is 2.18. The molecule has 78 valence electrons. The van der Waals surface area contributed by atoms with Crippen molar-refractivity contribution in [3.05, 3.63) is 27.7 Å². The van der Waals surface area contributed by atoms with Crippen LogP contribution in [-0.2, 0) is 0 Å². The van der Waals surface area contributed by atoms with Gasteiger partial charge in [0.1, 0.15) is 0 Å². The number of hydrogen-bond acceptors (Lipinski definition) is 1. The molecular weight excluding hydrogens is 217 g/mol.